The molecule has 210 valence electrons. The van der Waals surface area contributed by atoms with Crippen molar-refractivity contribution in [2.45, 2.75) is 51.9 Å². The first-order valence-corrected chi connectivity index (χ1v) is 14.1. The van der Waals surface area contributed by atoms with Crippen LogP contribution in [0.15, 0.2) is 47.3 Å². The molecular formula is C30H37N7O3. The third-order valence-corrected chi connectivity index (χ3v) is 8.30. The van der Waals surface area contributed by atoms with E-state index in [1.165, 1.54) is 11.1 Å². The van der Waals surface area contributed by atoms with Crippen molar-refractivity contribution >= 4 is 10.9 Å². The van der Waals surface area contributed by atoms with Gasteiger partial charge in [0.2, 0.25) is 0 Å². The number of rotatable bonds is 8. The van der Waals surface area contributed by atoms with Gasteiger partial charge in [-0.2, -0.15) is 0 Å². The van der Waals surface area contributed by atoms with Gasteiger partial charge in [0.1, 0.15) is 11.8 Å². The summed E-state index contributed by atoms with van der Waals surface area (Å²) in [7, 11) is 1.70. The Morgan fingerprint density at radius 1 is 1.10 bits per heavy atom. The number of hydrogen-bond acceptors (Lipinski definition) is 8. The topological polar surface area (TPSA) is 101 Å². The summed E-state index contributed by atoms with van der Waals surface area (Å²) in [5.74, 6) is 1.56. The average molecular weight is 544 g/mol. The number of H-pyrrole nitrogens is 1. The van der Waals surface area contributed by atoms with E-state index in [-0.39, 0.29) is 17.7 Å². The molecule has 2 aliphatic heterocycles. The van der Waals surface area contributed by atoms with Crippen LogP contribution in [0.1, 0.15) is 47.0 Å². The maximum atomic E-state index is 13.6. The predicted octanol–water partition coefficient (Wildman–Crippen LogP) is 3.23. The average Bonchev–Trinajstić information content (AvgIpc) is 3.64. The van der Waals surface area contributed by atoms with Gasteiger partial charge in [0, 0.05) is 50.4 Å². The van der Waals surface area contributed by atoms with E-state index in [1.807, 2.05) is 28.9 Å². The minimum Gasteiger partial charge on any atom is -0.497 e. The van der Waals surface area contributed by atoms with Crippen molar-refractivity contribution in [3.8, 4) is 5.75 Å². The van der Waals surface area contributed by atoms with Crippen molar-refractivity contribution in [2.75, 3.05) is 39.9 Å². The van der Waals surface area contributed by atoms with Gasteiger partial charge in [0.05, 0.1) is 19.8 Å². The molecule has 4 heterocycles. The summed E-state index contributed by atoms with van der Waals surface area (Å²) in [4.78, 5) is 21.6. The highest BCUT2D eigenvalue weighted by Gasteiger charge is 2.33. The molecule has 1 N–H and O–H groups in total. The highest BCUT2D eigenvalue weighted by molar-refractivity contribution is 5.81. The number of methoxy groups -OCH3 is 1. The van der Waals surface area contributed by atoms with E-state index in [0.29, 0.717) is 17.9 Å². The summed E-state index contributed by atoms with van der Waals surface area (Å²) in [6, 6.07) is 14.1. The lowest BCUT2D eigenvalue weighted by molar-refractivity contribution is 0.0840. The molecule has 6 rings (SSSR count). The number of fused-ring (bicyclic) bond motifs is 1. The quantitative estimate of drug-likeness (QED) is 0.362. The Morgan fingerprint density at radius 2 is 1.93 bits per heavy atom. The van der Waals surface area contributed by atoms with Crippen molar-refractivity contribution in [3.05, 3.63) is 80.9 Å². The molecule has 2 saturated heterocycles. The van der Waals surface area contributed by atoms with E-state index < -0.39 is 0 Å². The largest absolute Gasteiger partial charge is 0.497 e. The van der Waals surface area contributed by atoms with Crippen LogP contribution in [0.4, 0.5) is 0 Å². The van der Waals surface area contributed by atoms with Crippen LogP contribution in [-0.4, -0.2) is 81.0 Å². The van der Waals surface area contributed by atoms with E-state index >= 15 is 0 Å². The van der Waals surface area contributed by atoms with Crippen LogP contribution in [0.5, 0.6) is 5.75 Å². The number of nitrogens with one attached hydrogen (secondary N) is 1. The van der Waals surface area contributed by atoms with Gasteiger partial charge in [-0.3, -0.25) is 14.6 Å². The van der Waals surface area contributed by atoms with Gasteiger partial charge in [0.25, 0.3) is 5.56 Å². The van der Waals surface area contributed by atoms with Crippen molar-refractivity contribution in [1.29, 1.82) is 0 Å². The number of nitrogens with zero attached hydrogens (tertiary/aromatic N) is 6. The molecule has 0 bridgehead atoms. The fraction of sp³-hybridized carbons (Fsp3) is 0.467. The van der Waals surface area contributed by atoms with E-state index in [4.69, 9.17) is 9.47 Å². The second-order valence-corrected chi connectivity index (χ2v) is 11.0. The van der Waals surface area contributed by atoms with Crippen molar-refractivity contribution < 1.29 is 9.47 Å². The monoisotopic (exact) mass is 543 g/mol. The minimum atomic E-state index is -0.370. The second kappa shape index (κ2) is 11.5. The number of hydrogen-bond donors (Lipinski definition) is 1. The summed E-state index contributed by atoms with van der Waals surface area (Å²) in [5.41, 5.74) is 4.97. The lowest BCUT2D eigenvalue weighted by Gasteiger charge is -2.38. The normalized spacial score (nSPS) is 19.3. The van der Waals surface area contributed by atoms with E-state index in [1.54, 1.807) is 7.11 Å². The van der Waals surface area contributed by atoms with Crippen molar-refractivity contribution in [2.24, 2.45) is 0 Å². The van der Waals surface area contributed by atoms with Crippen LogP contribution in [0.2, 0.25) is 0 Å². The van der Waals surface area contributed by atoms with Crippen LogP contribution in [0.3, 0.4) is 0 Å². The number of tetrazole rings is 1. The number of aryl methyl sites for hydroxylation is 2. The van der Waals surface area contributed by atoms with Gasteiger partial charge in [-0.15, -0.1) is 5.10 Å². The first-order valence-electron chi connectivity index (χ1n) is 14.1. The SMILES string of the molecule is COc1cccc(CN2CCN(C(c3cc4cc(C)c(C)cc4[nH]c3=O)c3nnnn3CC3CCCO3)CC2)c1. The van der Waals surface area contributed by atoms with Crippen molar-refractivity contribution in [1.82, 2.24) is 35.0 Å². The Morgan fingerprint density at radius 3 is 2.70 bits per heavy atom. The zero-order chi connectivity index (χ0) is 27.6. The molecule has 2 fully saturated rings. The molecule has 40 heavy (non-hydrogen) atoms. The Labute approximate surface area is 233 Å². The molecule has 4 aromatic rings. The maximum Gasteiger partial charge on any atom is 0.253 e. The molecule has 2 aromatic carbocycles. The van der Waals surface area contributed by atoms with Gasteiger partial charge >= 0.3 is 0 Å². The molecule has 10 nitrogen and oxygen atoms in total. The Bertz CT molecular complexity index is 1530. The number of piperazine rings is 1. The molecule has 0 radical (unpaired) electrons. The second-order valence-electron chi connectivity index (χ2n) is 11.0. The molecular weight excluding hydrogens is 506 g/mol. The number of ether oxygens (including phenoxy) is 2. The molecule has 2 atom stereocenters. The number of benzene rings is 2. The Kier molecular flexibility index (Phi) is 7.64. The highest BCUT2D eigenvalue weighted by atomic mass is 16.5. The molecule has 2 aliphatic rings. The molecule has 0 spiro atoms. The van der Waals surface area contributed by atoms with Crippen LogP contribution < -0.4 is 10.3 Å². The molecule has 2 aromatic heterocycles. The van der Waals surface area contributed by atoms with Crippen molar-refractivity contribution in [3.63, 3.8) is 0 Å². The van der Waals surface area contributed by atoms with Gasteiger partial charge < -0.3 is 14.5 Å². The first-order chi connectivity index (χ1) is 19.5. The third kappa shape index (κ3) is 5.52. The van der Waals surface area contributed by atoms with Crippen LogP contribution in [0.25, 0.3) is 10.9 Å². The van der Waals surface area contributed by atoms with Crippen LogP contribution in [0, 0.1) is 13.8 Å². The molecule has 0 saturated carbocycles. The third-order valence-electron chi connectivity index (χ3n) is 8.30. The first kappa shape index (κ1) is 26.6. The van der Waals surface area contributed by atoms with Gasteiger partial charge in [-0.05, 0) is 89.5 Å². The number of pyridine rings is 1. The van der Waals surface area contributed by atoms with E-state index in [2.05, 4.69) is 62.4 Å². The molecule has 2 unspecified atom stereocenters. The lowest BCUT2D eigenvalue weighted by atomic mass is 10.00. The van der Waals surface area contributed by atoms with E-state index in [9.17, 15) is 4.79 Å². The summed E-state index contributed by atoms with van der Waals surface area (Å²) < 4.78 is 13.1. The fourth-order valence-electron chi connectivity index (χ4n) is 5.92. The lowest BCUT2D eigenvalue weighted by Crippen LogP contribution is -2.48. The highest BCUT2D eigenvalue weighted by Crippen LogP contribution is 2.29. The Hall–Kier alpha value is -3.60. The van der Waals surface area contributed by atoms with Gasteiger partial charge in [-0.1, -0.05) is 12.1 Å². The minimum absolute atomic E-state index is 0.0862. The summed E-state index contributed by atoms with van der Waals surface area (Å²) in [5, 5.41) is 13.9. The molecule has 0 aliphatic carbocycles. The summed E-state index contributed by atoms with van der Waals surface area (Å²) in [6.45, 7) is 9.66. The summed E-state index contributed by atoms with van der Waals surface area (Å²) in [6.07, 6.45) is 2.12. The molecule has 10 heteroatoms. The summed E-state index contributed by atoms with van der Waals surface area (Å²) >= 11 is 0. The predicted molar refractivity (Wildman–Crippen MR) is 153 cm³/mol. The van der Waals surface area contributed by atoms with Crippen LogP contribution in [-0.2, 0) is 17.8 Å². The zero-order valence-electron chi connectivity index (χ0n) is 23.5. The smallest absolute Gasteiger partial charge is 0.253 e. The van der Waals surface area contributed by atoms with Gasteiger partial charge in [-0.25, -0.2) is 4.68 Å². The Balaban J connectivity index is 1.31. The maximum absolute atomic E-state index is 13.6. The molecule has 0 amide bonds. The zero-order valence-corrected chi connectivity index (χ0v) is 23.5. The fourth-order valence-corrected chi connectivity index (χ4v) is 5.92. The van der Waals surface area contributed by atoms with E-state index in [0.717, 1.165) is 74.4 Å². The standard InChI is InChI=1S/C30H37N7O3/c1-20-14-23-17-26(30(38)31-27(23)15-21(20)2)28(29-32-33-34-37(29)19-25-8-5-13-40-25)36-11-9-35(10-12-36)18-22-6-4-7-24(16-22)39-3/h4,6-7,14-17,25,28H,5,8-13,18-19H2,1-3H3,(H,31,38). The number of aromatic nitrogens is 5. The van der Waals surface area contributed by atoms with Crippen LogP contribution >= 0.6 is 0 Å². The van der Waals surface area contributed by atoms with Gasteiger partial charge in [0.15, 0.2) is 5.82 Å². The number of aromatic amines is 1.